The van der Waals surface area contributed by atoms with Crippen LogP contribution in [0.5, 0.6) is 0 Å². The molecule has 0 saturated carbocycles. The number of amides is 2. The molecule has 4 N–H and O–H groups in total. The van der Waals surface area contributed by atoms with Gasteiger partial charge in [-0.1, -0.05) is 36.4 Å². The molecule has 108 heavy (non-hydrogen) atoms. The molecule has 0 saturated heterocycles. The average Bonchev–Trinajstić information content (AvgIpc) is 1.47. The molecule has 0 spiro atoms. The first-order valence-electron chi connectivity index (χ1n) is 32.0. The van der Waals surface area contributed by atoms with Crippen LogP contribution in [0.2, 0.25) is 0 Å². The summed E-state index contributed by atoms with van der Waals surface area (Å²) < 4.78 is 127. The van der Waals surface area contributed by atoms with Crippen LogP contribution >= 0.6 is 36.4 Å². The van der Waals surface area contributed by atoms with Crippen LogP contribution in [-0.2, 0) is 19.3 Å². The molecule has 0 atom stereocenters. The van der Waals surface area contributed by atoms with Gasteiger partial charge in [0.05, 0.1) is 16.7 Å². The van der Waals surface area contributed by atoms with Crippen LogP contribution in [-0.4, -0.2) is 93.7 Å². The highest BCUT2D eigenvalue weighted by atomic mass is 35.5. The number of aromatic nitrogens is 12. The molecule has 2 amide bonds. The first-order chi connectivity index (χ1) is 50.5. The minimum Gasteiger partial charge on any atom is -0.384 e. The molecule has 6 aromatic carbocycles. The quantitative estimate of drug-likeness (QED) is 0.0363. The van der Waals surface area contributed by atoms with Crippen molar-refractivity contribution >= 4 is 88.3 Å². The molecule has 0 bridgehead atoms. The second-order valence-electron chi connectivity index (χ2n) is 24.0. The minimum absolute atomic E-state index is 0. The standard InChI is InChI=1S/2C25H20F3N5O2.C15H8ClF3O2.C10H13N5.2ClH/c2*1-14(2)33-13-29-32-24(33)21-4-3-5-23(30-21)31-25(35)17-10-15(6-8-18(17)26)11-22(34)16-7-9-19(27)20(28)12-16;16-15(21)10-5-8(1-3-11(10)17)6-14(20)9-2-4-12(18)13(19)7-9;1-7(2)15-6-12-14-10(15)8-4-3-5-9(11)13-8;;/h2*3-10,12-14H,11H2,1-2H3,(H,30,31,35);1-5,7H,6H2;3-7H,1-2H3,(H2,11,13);2*1H. The molecule has 0 unspecified atom stereocenters. The van der Waals surface area contributed by atoms with E-state index in [1.54, 1.807) is 61.4 Å². The van der Waals surface area contributed by atoms with Gasteiger partial charge in [0.25, 0.3) is 17.1 Å². The summed E-state index contributed by atoms with van der Waals surface area (Å²) in [5.41, 5.74) is 7.31. The normalized spacial score (nSPS) is 10.7. The molecule has 0 aliphatic heterocycles. The molecular weight excluding hydrogens is 1480 g/mol. The molecule has 12 rings (SSSR count). The number of ketones is 3. The summed E-state index contributed by atoms with van der Waals surface area (Å²) >= 11 is 5.22. The van der Waals surface area contributed by atoms with E-state index in [0.717, 1.165) is 90.4 Å². The van der Waals surface area contributed by atoms with Gasteiger partial charge in [0.2, 0.25) is 0 Å². The lowest BCUT2D eigenvalue weighted by Crippen LogP contribution is -2.16. The highest BCUT2D eigenvalue weighted by Gasteiger charge is 2.22. The number of nitrogens with zero attached hydrogens (tertiary/aromatic N) is 12. The largest absolute Gasteiger partial charge is 0.384 e. The van der Waals surface area contributed by atoms with Gasteiger partial charge in [-0.05, 0) is 197 Å². The topological polar surface area (TPSA) is 283 Å². The third-order valence-electron chi connectivity index (χ3n) is 15.4. The molecule has 6 heterocycles. The zero-order valence-corrected chi connectivity index (χ0v) is 60.1. The van der Waals surface area contributed by atoms with Gasteiger partial charge < -0.3 is 30.1 Å². The number of nitrogens with two attached hydrogens (primary N) is 1. The van der Waals surface area contributed by atoms with Gasteiger partial charge in [-0.25, -0.2) is 54.5 Å². The van der Waals surface area contributed by atoms with Gasteiger partial charge >= 0.3 is 0 Å². The van der Waals surface area contributed by atoms with Crippen molar-refractivity contribution < 1.29 is 68.3 Å². The molecule has 6 aromatic heterocycles. The van der Waals surface area contributed by atoms with Gasteiger partial charge in [0.15, 0.2) is 69.7 Å². The van der Waals surface area contributed by atoms with Crippen LogP contribution in [0.3, 0.4) is 0 Å². The maximum Gasteiger partial charge on any atom is 0.259 e. The minimum atomic E-state index is -1.14. The molecule has 0 aliphatic rings. The summed E-state index contributed by atoms with van der Waals surface area (Å²) in [5, 5.41) is 28.0. The van der Waals surface area contributed by atoms with Gasteiger partial charge in [-0.15, -0.1) is 55.4 Å². The van der Waals surface area contributed by atoms with E-state index in [1.807, 2.05) is 53.5 Å². The fourth-order valence-corrected chi connectivity index (χ4v) is 10.2. The van der Waals surface area contributed by atoms with Gasteiger partial charge in [-0.2, -0.15) is 0 Å². The van der Waals surface area contributed by atoms with Gasteiger partial charge in [-0.3, -0.25) is 28.8 Å². The number of hydrogen-bond donors (Lipinski definition) is 3. The second kappa shape index (κ2) is 37.7. The van der Waals surface area contributed by atoms with E-state index in [1.165, 1.54) is 30.3 Å². The second-order valence-corrected chi connectivity index (χ2v) is 24.4. The summed E-state index contributed by atoms with van der Waals surface area (Å²) in [7, 11) is 0. The summed E-state index contributed by atoms with van der Waals surface area (Å²) in [4.78, 5) is 86.4. The Balaban J connectivity index is 0.000000209. The van der Waals surface area contributed by atoms with Crippen LogP contribution in [0.4, 0.5) is 57.0 Å². The first-order valence-corrected chi connectivity index (χ1v) is 32.4. The van der Waals surface area contributed by atoms with E-state index < -0.39 is 86.8 Å². The molecule has 33 heteroatoms. The van der Waals surface area contributed by atoms with Crippen LogP contribution in [0, 0.1) is 52.4 Å². The number of Topliss-reactive ketones (excluding diaryl/α,β-unsaturated/α-hetero) is 3. The van der Waals surface area contributed by atoms with E-state index in [9.17, 15) is 68.3 Å². The molecule has 0 aliphatic carbocycles. The Morgan fingerprint density at radius 1 is 0.380 bits per heavy atom. The lowest BCUT2D eigenvalue weighted by atomic mass is 10.0. The van der Waals surface area contributed by atoms with Crippen molar-refractivity contribution in [1.29, 1.82) is 0 Å². The lowest BCUT2D eigenvalue weighted by molar-refractivity contribution is 0.0983. The maximum absolute atomic E-state index is 14.4. The van der Waals surface area contributed by atoms with Crippen LogP contribution in [0.25, 0.3) is 34.6 Å². The average molecular weight is 1550 g/mol. The summed E-state index contributed by atoms with van der Waals surface area (Å²) in [5.74, 6) is -9.39. The number of anilines is 3. The Morgan fingerprint density at radius 3 is 0.981 bits per heavy atom. The molecule has 12 aromatic rings. The van der Waals surface area contributed by atoms with E-state index in [0.29, 0.717) is 51.6 Å². The smallest absolute Gasteiger partial charge is 0.259 e. The Bertz CT molecular complexity index is 5060. The third-order valence-corrected chi connectivity index (χ3v) is 15.6. The van der Waals surface area contributed by atoms with Crippen LogP contribution in [0.15, 0.2) is 183 Å². The van der Waals surface area contributed by atoms with Crippen LogP contribution in [0.1, 0.15) is 139 Å². The predicted octanol–water partition coefficient (Wildman–Crippen LogP) is 16.3. The Labute approximate surface area is 627 Å². The molecule has 0 fully saturated rings. The Hall–Kier alpha value is -12.2. The molecule has 21 nitrogen and oxygen atoms in total. The first kappa shape index (κ1) is 83.1. The summed E-state index contributed by atoms with van der Waals surface area (Å²) in [6.07, 6.45) is 4.20. The van der Waals surface area contributed by atoms with Crippen molar-refractivity contribution in [2.45, 2.75) is 78.9 Å². The monoisotopic (exact) mass is 1550 g/mol. The number of carbonyl (C=O) groups excluding carboxylic acids is 6. The predicted molar refractivity (Wildman–Crippen MR) is 388 cm³/mol. The van der Waals surface area contributed by atoms with Crippen molar-refractivity contribution in [2.75, 3.05) is 16.4 Å². The van der Waals surface area contributed by atoms with Gasteiger partial charge in [0.1, 0.15) is 71.0 Å². The third kappa shape index (κ3) is 21.5. The number of pyridine rings is 3. The van der Waals surface area contributed by atoms with E-state index in [2.05, 4.69) is 70.0 Å². The summed E-state index contributed by atoms with van der Waals surface area (Å²) in [6.45, 7) is 12.0. The fourth-order valence-electron chi connectivity index (χ4n) is 10.0. The van der Waals surface area contributed by atoms with Gasteiger partial charge in [0, 0.05) is 54.1 Å². The van der Waals surface area contributed by atoms with Crippen molar-refractivity contribution in [3.63, 3.8) is 0 Å². The number of rotatable bonds is 20. The van der Waals surface area contributed by atoms with E-state index in [-0.39, 0.29) is 101 Å². The number of carbonyl (C=O) groups is 6. The Kier molecular flexibility index (Phi) is 29.0. The summed E-state index contributed by atoms with van der Waals surface area (Å²) in [6, 6.07) is 35.0. The van der Waals surface area contributed by atoms with E-state index in [4.69, 9.17) is 17.3 Å². The zero-order valence-electron chi connectivity index (χ0n) is 57.7. The number of hydrogen-bond acceptors (Lipinski definition) is 16. The highest BCUT2D eigenvalue weighted by Crippen LogP contribution is 2.26. The van der Waals surface area contributed by atoms with Crippen molar-refractivity contribution in [2.24, 2.45) is 0 Å². The SMILES string of the molecule is CC(C)n1cnnc1-c1cccc(N)n1.CC(C)n1cnnc1-c1cccc(NC(=O)c2cc(CC(=O)c3ccc(F)c(F)c3)ccc2F)n1.CC(C)n1cnnc1-c1cccc(NC(=O)c2cc(CC(=O)c3ccc(F)c(F)c3)ccc2F)n1.Cl.Cl.O=C(Cc1ccc(F)c(C(=O)Cl)c1)c1ccc(F)c(F)c1. The molecular formula is C75H63Cl3F9N15O6. The molecule has 0 radical (unpaired) electrons. The number of halogens is 12. The maximum atomic E-state index is 14.4. The van der Waals surface area contributed by atoms with Crippen molar-refractivity contribution in [3.05, 3.63) is 285 Å². The molecule has 558 valence electrons. The van der Waals surface area contributed by atoms with E-state index >= 15 is 0 Å². The number of nitrogens with one attached hydrogen (secondary N) is 2. The Morgan fingerprint density at radius 2 is 0.676 bits per heavy atom. The number of nitrogen functional groups attached to an aromatic ring is 1. The lowest BCUT2D eigenvalue weighted by Gasteiger charge is -2.11. The highest BCUT2D eigenvalue weighted by molar-refractivity contribution is 6.67. The van der Waals surface area contributed by atoms with Crippen LogP contribution < -0.4 is 16.4 Å². The number of benzene rings is 6. The zero-order chi connectivity index (χ0) is 76.6. The van der Waals surface area contributed by atoms with Crippen molar-refractivity contribution in [3.8, 4) is 34.6 Å². The fraction of sp³-hybridized carbons (Fsp3) is 0.160. The van der Waals surface area contributed by atoms with Crippen molar-refractivity contribution in [1.82, 2.24) is 59.2 Å².